The lowest BCUT2D eigenvalue weighted by Gasteiger charge is -2.26. The molecule has 0 saturated carbocycles. The molecule has 5 nitrogen and oxygen atoms in total. The van der Waals surface area contributed by atoms with Gasteiger partial charge in [-0.3, -0.25) is 5.32 Å². The zero-order valence-corrected chi connectivity index (χ0v) is 12.3. The van der Waals surface area contributed by atoms with Gasteiger partial charge in [0.1, 0.15) is 0 Å². The normalized spacial score (nSPS) is 14.8. The van der Waals surface area contributed by atoms with E-state index in [1.807, 2.05) is 53.1 Å². The number of aromatic nitrogens is 2. The van der Waals surface area contributed by atoms with Gasteiger partial charge in [0.05, 0.1) is 5.69 Å². The number of hydrogen-bond donors (Lipinski definition) is 1. The fourth-order valence-corrected chi connectivity index (χ4v) is 3.02. The topological polar surface area (TPSA) is 58.1 Å². The van der Waals surface area contributed by atoms with Gasteiger partial charge in [-0.15, -0.1) is 10.2 Å². The van der Waals surface area contributed by atoms with Crippen LogP contribution in [0.3, 0.4) is 0 Å². The molecule has 1 fully saturated rings. The highest BCUT2D eigenvalue weighted by molar-refractivity contribution is 7.99. The summed E-state index contributed by atoms with van der Waals surface area (Å²) in [7, 11) is 0. The lowest BCUT2D eigenvalue weighted by atomic mass is 10.1. The zero-order valence-electron chi connectivity index (χ0n) is 11.5. The van der Waals surface area contributed by atoms with Crippen molar-refractivity contribution in [3.05, 3.63) is 42.5 Å². The van der Waals surface area contributed by atoms with E-state index in [1.165, 1.54) is 0 Å². The quantitative estimate of drug-likeness (QED) is 0.926. The number of carbonyl (C=O) groups excluding carboxylic acids is 1. The Hall–Kier alpha value is -2.08. The molecule has 1 N–H and O–H groups in total. The molecule has 0 atom stereocenters. The maximum atomic E-state index is 12.1. The number of carbonyl (C=O) groups is 1. The summed E-state index contributed by atoms with van der Waals surface area (Å²) in [5.41, 5.74) is 1.80. The molecule has 2 heterocycles. The second-order valence-corrected chi connectivity index (χ2v) is 5.92. The molecule has 1 saturated heterocycles. The van der Waals surface area contributed by atoms with Crippen LogP contribution in [0.4, 0.5) is 10.6 Å². The number of benzene rings is 1. The van der Waals surface area contributed by atoms with Gasteiger partial charge < -0.3 is 4.90 Å². The Bertz CT molecular complexity index is 597. The van der Waals surface area contributed by atoms with Crippen molar-refractivity contribution in [3.63, 3.8) is 0 Å². The van der Waals surface area contributed by atoms with Crippen molar-refractivity contribution in [1.29, 1.82) is 0 Å². The Morgan fingerprint density at radius 2 is 1.81 bits per heavy atom. The third-order valence-electron chi connectivity index (χ3n) is 3.27. The van der Waals surface area contributed by atoms with Gasteiger partial charge in [0, 0.05) is 30.2 Å². The maximum Gasteiger partial charge on any atom is 0.323 e. The smallest absolute Gasteiger partial charge is 0.323 e. The largest absolute Gasteiger partial charge is 0.323 e. The highest BCUT2D eigenvalue weighted by Crippen LogP contribution is 2.16. The van der Waals surface area contributed by atoms with Gasteiger partial charge in [-0.05, 0) is 12.1 Å². The van der Waals surface area contributed by atoms with Crippen LogP contribution >= 0.6 is 11.8 Å². The highest BCUT2D eigenvalue weighted by atomic mass is 32.2. The van der Waals surface area contributed by atoms with Gasteiger partial charge in [-0.2, -0.15) is 11.8 Å². The monoisotopic (exact) mass is 300 g/mol. The van der Waals surface area contributed by atoms with E-state index in [4.69, 9.17) is 0 Å². The van der Waals surface area contributed by atoms with Gasteiger partial charge in [0.15, 0.2) is 5.82 Å². The van der Waals surface area contributed by atoms with Crippen molar-refractivity contribution in [2.24, 2.45) is 0 Å². The van der Waals surface area contributed by atoms with Gasteiger partial charge >= 0.3 is 6.03 Å². The molecule has 2 aromatic rings. The number of thioether (sulfide) groups is 1. The van der Waals surface area contributed by atoms with Gasteiger partial charge in [0.2, 0.25) is 0 Å². The molecule has 21 heavy (non-hydrogen) atoms. The Kier molecular flexibility index (Phi) is 4.35. The number of urea groups is 1. The zero-order chi connectivity index (χ0) is 14.5. The first-order valence-electron chi connectivity index (χ1n) is 6.86. The van der Waals surface area contributed by atoms with Crippen LogP contribution in [0.1, 0.15) is 0 Å². The Balaban J connectivity index is 1.65. The van der Waals surface area contributed by atoms with Crippen LogP contribution < -0.4 is 5.32 Å². The second-order valence-electron chi connectivity index (χ2n) is 4.70. The first kappa shape index (κ1) is 13.9. The molecule has 0 aliphatic carbocycles. The molecular formula is C15H16N4OS. The van der Waals surface area contributed by atoms with E-state index in [9.17, 15) is 4.79 Å². The van der Waals surface area contributed by atoms with Crippen LogP contribution in [-0.2, 0) is 0 Å². The number of anilines is 1. The Labute approximate surface area is 127 Å². The third kappa shape index (κ3) is 3.52. The average Bonchev–Trinajstić information content (AvgIpc) is 2.57. The van der Waals surface area contributed by atoms with Crippen molar-refractivity contribution in [2.75, 3.05) is 29.9 Å². The van der Waals surface area contributed by atoms with Crippen LogP contribution in [0.2, 0.25) is 0 Å². The minimum Gasteiger partial charge on any atom is -0.323 e. The fraction of sp³-hybridized carbons (Fsp3) is 0.267. The molecule has 1 aliphatic rings. The molecule has 108 valence electrons. The summed E-state index contributed by atoms with van der Waals surface area (Å²) in [5.74, 6) is 2.47. The first-order valence-corrected chi connectivity index (χ1v) is 8.01. The van der Waals surface area contributed by atoms with Gasteiger partial charge in [0.25, 0.3) is 0 Å². The number of hydrogen-bond acceptors (Lipinski definition) is 4. The fourth-order valence-electron chi connectivity index (χ4n) is 2.12. The number of nitrogens with zero attached hydrogens (tertiary/aromatic N) is 3. The van der Waals surface area contributed by atoms with E-state index in [1.54, 1.807) is 6.07 Å². The lowest BCUT2D eigenvalue weighted by Crippen LogP contribution is -2.40. The Morgan fingerprint density at radius 3 is 2.48 bits per heavy atom. The molecule has 6 heteroatoms. The van der Waals surface area contributed by atoms with Crippen LogP contribution in [0.15, 0.2) is 42.5 Å². The van der Waals surface area contributed by atoms with E-state index >= 15 is 0 Å². The standard InChI is InChI=1S/C15H16N4OS/c20-15(19-8-10-21-11-9-19)16-14-7-6-13(17-18-14)12-4-2-1-3-5-12/h1-7H,8-11H2,(H,16,18,20). The van der Waals surface area contributed by atoms with Crippen molar-refractivity contribution < 1.29 is 4.79 Å². The van der Waals surface area contributed by atoms with Crippen molar-refractivity contribution >= 4 is 23.6 Å². The minimum atomic E-state index is -0.0999. The van der Waals surface area contributed by atoms with E-state index in [0.29, 0.717) is 5.82 Å². The van der Waals surface area contributed by atoms with Crippen molar-refractivity contribution in [2.45, 2.75) is 0 Å². The number of nitrogens with one attached hydrogen (secondary N) is 1. The summed E-state index contributed by atoms with van der Waals surface area (Å²) in [4.78, 5) is 13.9. The summed E-state index contributed by atoms with van der Waals surface area (Å²) < 4.78 is 0. The summed E-state index contributed by atoms with van der Waals surface area (Å²) in [6.07, 6.45) is 0. The number of amides is 2. The maximum absolute atomic E-state index is 12.1. The van der Waals surface area contributed by atoms with E-state index in [0.717, 1.165) is 35.9 Å². The van der Waals surface area contributed by atoms with E-state index in [2.05, 4.69) is 15.5 Å². The molecule has 1 aromatic carbocycles. The molecule has 1 aliphatic heterocycles. The lowest BCUT2D eigenvalue weighted by molar-refractivity contribution is 0.217. The van der Waals surface area contributed by atoms with Gasteiger partial charge in [-0.1, -0.05) is 30.3 Å². The molecule has 0 radical (unpaired) electrons. The molecule has 0 unspecified atom stereocenters. The van der Waals surface area contributed by atoms with Gasteiger partial charge in [-0.25, -0.2) is 4.79 Å². The third-order valence-corrected chi connectivity index (χ3v) is 4.21. The summed E-state index contributed by atoms with van der Waals surface area (Å²) in [5, 5.41) is 11.0. The highest BCUT2D eigenvalue weighted by Gasteiger charge is 2.17. The average molecular weight is 300 g/mol. The van der Waals surface area contributed by atoms with E-state index < -0.39 is 0 Å². The Morgan fingerprint density at radius 1 is 1.05 bits per heavy atom. The molecule has 0 bridgehead atoms. The summed E-state index contributed by atoms with van der Waals surface area (Å²) in [6.45, 7) is 1.57. The molecule has 1 aromatic heterocycles. The van der Waals surface area contributed by atoms with Crippen molar-refractivity contribution in [3.8, 4) is 11.3 Å². The first-order chi connectivity index (χ1) is 10.3. The summed E-state index contributed by atoms with van der Waals surface area (Å²) in [6, 6.07) is 13.4. The molecule has 2 amide bonds. The van der Waals surface area contributed by atoms with E-state index in [-0.39, 0.29) is 6.03 Å². The second kappa shape index (κ2) is 6.58. The molecule has 0 spiro atoms. The minimum absolute atomic E-state index is 0.0999. The predicted molar refractivity (Wildman–Crippen MR) is 85.4 cm³/mol. The SMILES string of the molecule is O=C(Nc1ccc(-c2ccccc2)nn1)N1CCSCC1. The number of rotatable bonds is 2. The summed E-state index contributed by atoms with van der Waals surface area (Å²) >= 11 is 1.87. The predicted octanol–water partition coefficient (Wildman–Crippen LogP) is 2.72. The van der Waals surface area contributed by atoms with Crippen LogP contribution in [0.5, 0.6) is 0 Å². The van der Waals surface area contributed by atoms with Crippen molar-refractivity contribution in [1.82, 2.24) is 15.1 Å². The van der Waals surface area contributed by atoms with Crippen LogP contribution in [0.25, 0.3) is 11.3 Å². The molecular weight excluding hydrogens is 284 g/mol. The van der Waals surface area contributed by atoms with Crippen LogP contribution in [0, 0.1) is 0 Å². The van der Waals surface area contributed by atoms with Crippen LogP contribution in [-0.4, -0.2) is 45.7 Å². The molecule has 3 rings (SSSR count).